The number of hydrogen-bond donors (Lipinski definition) is 3. The molecule has 2 aliphatic heterocycles. The highest BCUT2D eigenvalue weighted by Gasteiger charge is 2.47. The number of halogens is 3. The molecule has 9 nitrogen and oxygen atoms in total. The first kappa shape index (κ1) is 23.5. The number of amides is 2. The van der Waals surface area contributed by atoms with Crippen molar-refractivity contribution in [3.8, 4) is 11.5 Å². The Morgan fingerprint density at radius 2 is 1.86 bits per heavy atom. The molecule has 0 spiro atoms. The molecule has 0 saturated heterocycles. The maximum Gasteiger partial charge on any atom is 0.410 e. The second-order valence-corrected chi connectivity index (χ2v) is 8.63. The molecule has 0 bridgehead atoms. The summed E-state index contributed by atoms with van der Waals surface area (Å²) in [5.74, 6) is 0.109. The Morgan fingerprint density at radius 3 is 2.61 bits per heavy atom. The molecule has 5 rings (SSSR count). The van der Waals surface area contributed by atoms with Gasteiger partial charge in [0.2, 0.25) is 12.7 Å². The van der Waals surface area contributed by atoms with Crippen LogP contribution in [0, 0.1) is 6.92 Å². The molecule has 1 aromatic heterocycles. The maximum atomic E-state index is 14.0. The Bertz CT molecular complexity index is 1350. The van der Waals surface area contributed by atoms with Gasteiger partial charge in [-0.15, -0.1) is 0 Å². The number of rotatable bonds is 4. The fraction of sp³-hybridized carbons (Fsp3) is 0.292. The van der Waals surface area contributed by atoms with Crippen molar-refractivity contribution in [1.29, 1.82) is 0 Å². The van der Waals surface area contributed by atoms with Crippen LogP contribution >= 0.6 is 0 Å². The SMILES string of the molecule is CC(=O)Nc1cc(NC(=O)c2cc3n(n2)[C@@H](C(F)(F)F)C[C@H](c2ccc4c(c2)OCO4)N3)ccc1C. The molecule has 3 aromatic rings. The van der Waals surface area contributed by atoms with Gasteiger partial charge in [-0.3, -0.25) is 9.59 Å². The Hall–Kier alpha value is -4.22. The summed E-state index contributed by atoms with van der Waals surface area (Å²) in [5.41, 5.74) is 2.07. The topological polar surface area (TPSA) is 107 Å². The van der Waals surface area contributed by atoms with Gasteiger partial charge in [0, 0.05) is 30.8 Å². The second kappa shape index (κ2) is 8.77. The average molecular weight is 501 g/mol. The van der Waals surface area contributed by atoms with E-state index in [1.54, 1.807) is 43.3 Å². The maximum absolute atomic E-state index is 14.0. The highest BCUT2D eigenvalue weighted by Crippen LogP contribution is 2.45. The van der Waals surface area contributed by atoms with Gasteiger partial charge in [0.1, 0.15) is 5.82 Å². The van der Waals surface area contributed by atoms with E-state index in [9.17, 15) is 22.8 Å². The van der Waals surface area contributed by atoms with Crippen LogP contribution in [0.2, 0.25) is 0 Å². The summed E-state index contributed by atoms with van der Waals surface area (Å²) < 4.78 is 53.5. The van der Waals surface area contributed by atoms with Crippen LogP contribution in [0.1, 0.15) is 47.0 Å². The minimum absolute atomic E-state index is 0.0561. The number of aromatic nitrogens is 2. The summed E-state index contributed by atoms with van der Waals surface area (Å²) in [6, 6.07) is 8.55. The van der Waals surface area contributed by atoms with Crippen LogP contribution in [-0.2, 0) is 4.79 Å². The summed E-state index contributed by atoms with van der Waals surface area (Å²) in [5, 5.41) is 12.3. The van der Waals surface area contributed by atoms with Crippen molar-refractivity contribution in [1.82, 2.24) is 9.78 Å². The average Bonchev–Trinajstić information content (AvgIpc) is 3.46. The first-order valence-corrected chi connectivity index (χ1v) is 11.1. The quantitative estimate of drug-likeness (QED) is 0.475. The second-order valence-electron chi connectivity index (χ2n) is 8.63. The summed E-state index contributed by atoms with van der Waals surface area (Å²) in [4.78, 5) is 24.3. The number of fused-ring (bicyclic) bond motifs is 2. The predicted octanol–water partition coefficient (Wildman–Crippen LogP) is 4.79. The monoisotopic (exact) mass is 501 g/mol. The summed E-state index contributed by atoms with van der Waals surface area (Å²) in [7, 11) is 0. The smallest absolute Gasteiger partial charge is 0.410 e. The van der Waals surface area contributed by atoms with Crippen LogP contribution in [0.25, 0.3) is 0 Å². The first-order valence-electron chi connectivity index (χ1n) is 11.1. The number of aryl methyl sites for hydroxylation is 1. The third kappa shape index (κ3) is 4.53. The van der Waals surface area contributed by atoms with E-state index < -0.39 is 24.2 Å². The van der Waals surface area contributed by atoms with E-state index in [2.05, 4.69) is 21.0 Å². The minimum Gasteiger partial charge on any atom is -0.454 e. The molecule has 36 heavy (non-hydrogen) atoms. The fourth-order valence-electron chi connectivity index (χ4n) is 4.25. The number of carbonyl (C=O) groups excluding carboxylic acids is 2. The van der Waals surface area contributed by atoms with Crippen molar-refractivity contribution in [2.75, 3.05) is 22.7 Å². The van der Waals surface area contributed by atoms with E-state index in [4.69, 9.17) is 9.47 Å². The number of nitrogens with zero attached hydrogens (tertiary/aromatic N) is 2. The van der Waals surface area contributed by atoms with Crippen molar-refractivity contribution in [3.05, 3.63) is 59.3 Å². The number of hydrogen-bond acceptors (Lipinski definition) is 6. The highest BCUT2D eigenvalue weighted by atomic mass is 19.4. The van der Waals surface area contributed by atoms with E-state index >= 15 is 0 Å². The zero-order valence-electron chi connectivity index (χ0n) is 19.3. The molecule has 188 valence electrons. The number of carbonyl (C=O) groups is 2. The molecule has 12 heteroatoms. The Balaban J connectivity index is 1.41. The predicted molar refractivity (Wildman–Crippen MR) is 124 cm³/mol. The van der Waals surface area contributed by atoms with E-state index in [0.29, 0.717) is 28.4 Å². The molecule has 2 aromatic carbocycles. The van der Waals surface area contributed by atoms with E-state index in [1.807, 2.05) is 0 Å². The normalized spacial score (nSPS) is 18.2. The molecule has 2 atom stereocenters. The lowest BCUT2D eigenvalue weighted by atomic mass is 9.96. The van der Waals surface area contributed by atoms with Crippen LogP contribution in [0.3, 0.4) is 0 Å². The van der Waals surface area contributed by atoms with Gasteiger partial charge in [0.15, 0.2) is 23.2 Å². The van der Waals surface area contributed by atoms with Gasteiger partial charge in [-0.05, 0) is 42.3 Å². The molecule has 2 aliphatic rings. The molecule has 0 aliphatic carbocycles. The third-order valence-electron chi connectivity index (χ3n) is 6.03. The molecular formula is C24H22F3N5O4. The Morgan fingerprint density at radius 1 is 1.08 bits per heavy atom. The summed E-state index contributed by atoms with van der Waals surface area (Å²) in [6.07, 6.45) is -4.91. The van der Waals surface area contributed by atoms with Gasteiger partial charge >= 0.3 is 6.18 Å². The van der Waals surface area contributed by atoms with Crippen molar-refractivity contribution in [2.24, 2.45) is 0 Å². The number of nitrogens with one attached hydrogen (secondary N) is 3. The Kier molecular flexibility index (Phi) is 5.73. The van der Waals surface area contributed by atoms with Crippen molar-refractivity contribution in [3.63, 3.8) is 0 Å². The molecule has 0 fully saturated rings. The molecule has 0 radical (unpaired) electrons. The standard InChI is InChI=1S/C24H22F3N5O4/c1-12-3-5-15(8-16(12)28-13(2)33)29-23(34)18-10-22-30-17(9-21(24(25,26)27)32(22)31-18)14-4-6-19-20(7-14)36-11-35-19/h3-8,10,17,21,30H,9,11H2,1-2H3,(H,28,33)(H,29,34)/t17-,21-/m1/s1. The minimum atomic E-state index is -4.59. The van der Waals surface area contributed by atoms with E-state index in [1.165, 1.54) is 13.0 Å². The molecular weight excluding hydrogens is 479 g/mol. The Labute approximate surface area is 203 Å². The molecule has 3 N–H and O–H groups in total. The summed E-state index contributed by atoms with van der Waals surface area (Å²) in [6.45, 7) is 3.21. The van der Waals surface area contributed by atoms with Gasteiger partial charge in [0.05, 0.1) is 6.04 Å². The van der Waals surface area contributed by atoms with E-state index in [-0.39, 0.29) is 30.6 Å². The molecule has 0 saturated carbocycles. The van der Waals surface area contributed by atoms with Gasteiger partial charge in [-0.1, -0.05) is 12.1 Å². The van der Waals surface area contributed by atoms with Crippen LogP contribution < -0.4 is 25.4 Å². The molecule has 3 heterocycles. The van der Waals surface area contributed by atoms with Gasteiger partial charge in [0.25, 0.3) is 5.91 Å². The van der Waals surface area contributed by atoms with Gasteiger partial charge in [-0.25, -0.2) is 4.68 Å². The number of benzene rings is 2. The van der Waals surface area contributed by atoms with Crippen LogP contribution in [-0.4, -0.2) is 34.6 Å². The lowest BCUT2D eigenvalue weighted by Crippen LogP contribution is -2.35. The third-order valence-corrected chi connectivity index (χ3v) is 6.03. The number of ether oxygens (including phenoxy) is 2. The lowest BCUT2D eigenvalue weighted by molar-refractivity contribution is -0.173. The fourth-order valence-corrected chi connectivity index (χ4v) is 4.25. The lowest BCUT2D eigenvalue weighted by Gasteiger charge is -2.33. The van der Waals surface area contributed by atoms with Gasteiger partial charge in [-0.2, -0.15) is 18.3 Å². The molecule has 2 amide bonds. The van der Waals surface area contributed by atoms with Gasteiger partial charge < -0.3 is 25.4 Å². The van der Waals surface area contributed by atoms with Crippen molar-refractivity contribution < 1.29 is 32.2 Å². The zero-order chi connectivity index (χ0) is 25.6. The molecule has 0 unspecified atom stereocenters. The largest absolute Gasteiger partial charge is 0.454 e. The number of alkyl halides is 3. The summed E-state index contributed by atoms with van der Waals surface area (Å²) >= 11 is 0. The van der Waals surface area contributed by atoms with E-state index in [0.717, 1.165) is 10.2 Å². The van der Waals surface area contributed by atoms with Crippen molar-refractivity contribution in [2.45, 2.75) is 38.5 Å². The van der Waals surface area contributed by atoms with Crippen LogP contribution in [0.15, 0.2) is 42.5 Å². The number of anilines is 3. The van der Waals surface area contributed by atoms with Crippen LogP contribution in [0.4, 0.5) is 30.4 Å². The van der Waals surface area contributed by atoms with Crippen molar-refractivity contribution >= 4 is 29.0 Å². The van der Waals surface area contributed by atoms with Crippen LogP contribution in [0.5, 0.6) is 11.5 Å². The highest BCUT2D eigenvalue weighted by molar-refractivity contribution is 6.04. The first-order chi connectivity index (χ1) is 17.1. The zero-order valence-corrected chi connectivity index (χ0v) is 19.3.